The maximum atomic E-state index is 5.91. The zero-order chi connectivity index (χ0) is 15.5. The van der Waals surface area contributed by atoms with Crippen molar-refractivity contribution in [1.29, 1.82) is 0 Å². The zero-order valence-electron chi connectivity index (χ0n) is 12.7. The first kappa shape index (κ1) is 14.7. The number of hydrogen-bond donors (Lipinski definition) is 1. The summed E-state index contributed by atoms with van der Waals surface area (Å²) in [5, 5.41) is 4.16. The Hall–Kier alpha value is -2.19. The van der Waals surface area contributed by atoms with Crippen LogP contribution in [-0.4, -0.2) is 0 Å². The fourth-order valence-corrected chi connectivity index (χ4v) is 2.49. The van der Waals surface area contributed by atoms with Crippen molar-refractivity contribution in [2.24, 2.45) is 0 Å². The Labute approximate surface area is 135 Å². The molecule has 1 aromatic heterocycles. The minimum absolute atomic E-state index is 0.665. The van der Waals surface area contributed by atoms with Gasteiger partial charge < -0.3 is 9.73 Å². The highest BCUT2D eigenvalue weighted by atomic mass is 35.5. The smallest absolute Gasteiger partial charge is 0.134 e. The van der Waals surface area contributed by atoms with Gasteiger partial charge in [-0.25, -0.2) is 0 Å². The second kappa shape index (κ2) is 6.29. The summed E-state index contributed by atoms with van der Waals surface area (Å²) < 4.78 is 5.90. The lowest BCUT2D eigenvalue weighted by atomic mass is 10.1. The van der Waals surface area contributed by atoms with Gasteiger partial charge in [-0.05, 0) is 67.4 Å². The van der Waals surface area contributed by atoms with Gasteiger partial charge in [0.1, 0.15) is 11.5 Å². The van der Waals surface area contributed by atoms with Crippen LogP contribution in [0.3, 0.4) is 0 Å². The van der Waals surface area contributed by atoms with E-state index in [1.54, 1.807) is 0 Å². The van der Waals surface area contributed by atoms with Crippen LogP contribution in [0.2, 0.25) is 5.02 Å². The largest absolute Gasteiger partial charge is 0.459 e. The van der Waals surface area contributed by atoms with E-state index in [2.05, 4.69) is 37.4 Å². The lowest BCUT2D eigenvalue weighted by Gasteiger charge is -2.10. The summed E-state index contributed by atoms with van der Waals surface area (Å²) in [5.74, 6) is 1.76. The molecule has 0 saturated carbocycles. The fraction of sp³-hybridized carbons (Fsp3) is 0.158. The number of benzene rings is 2. The van der Waals surface area contributed by atoms with Crippen molar-refractivity contribution in [2.75, 3.05) is 5.32 Å². The Morgan fingerprint density at radius 2 is 1.73 bits per heavy atom. The summed E-state index contributed by atoms with van der Waals surface area (Å²) in [6.07, 6.45) is 0. The lowest BCUT2D eigenvalue weighted by Crippen LogP contribution is -2.00. The Bertz CT molecular complexity index is 774. The average molecular weight is 312 g/mol. The molecule has 0 saturated heterocycles. The van der Waals surface area contributed by atoms with Crippen molar-refractivity contribution in [3.63, 3.8) is 0 Å². The molecule has 0 bridgehead atoms. The van der Waals surface area contributed by atoms with E-state index in [0.29, 0.717) is 6.54 Å². The van der Waals surface area contributed by atoms with E-state index in [9.17, 15) is 0 Å². The summed E-state index contributed by atoms with van der Waals surface area (Å²) in [6, 6.07) is 17.9. The SMILES string of the molecule is Cc1cccc(NCc2ccc(-c3ccc(Cl)cc3)o2)c1C. The molecule has 0 spiro atoms. The van der Waals surface area contributed by atoms with Crippen LogP contribution in [0.25, 0.3) is 11.3 Å². The van der Waals surface area contributed by atoms with Crippen LogP contribution in [-0.2, 0) is 6.54 Å². The molecular formula is C19H18ClNO. The molecule has 0 aliphatic heterocycles. The normalized spacial score (nSPS) is 10.7. The molecule has 0 atom stereocenters. The molecule has 3 rings (SSSR count). The van der Waals surface area contributed by atoms with Crippen molar-refractivity contribution in [3.8, 4) is 11.3 Å². The van der Waals surface area contributed by atoms with E-state index >= 15 is 0 Å². The predicted octanol–water partition coefficient (Wildman–Crippen LogP) is 5.83. The number of halogens is 1. The van der Waals surface area contributed by atoms with Crippen molar-refractivity contribution in [3.05, 3.63) is 76.5 Å². The first-order chi connectivity index (χ1) is 10.6. The maximum Gasteiger partial charge on any atom is 0.134 e. The Balaban J connectivity index is 1.72. The second-order valence-electron chi connectivity index (χ2n) is 5.37. The van der Waals surface area contributed by atoms with E-state index in [1.807, 2.05) is 36.4 Å². The predicted molar refractivity (Wildman–Crippen MR) is 92.4 cm³/mol. The molecule has 1 N–H and O–H groups in total. The summed E-state index contributed by atoms with van der Waals surface area (Å²) in [7, 11) is 0. The topological polar surface area (TPSA) is 25.2 Å². The van der Waals surface area contributed by atoms with Gasteiger partial charge in [-0.15, -0.1) is 0 Å². The average Bonchev–Trinajstić information content (AvgIpc) is 2.98. The van der Waals surface area contributed by atoms with Gasteiger partial charge in [0.25, 0.3) is 0 Å². The lowest BCUT2D eigenvalue weighted by molar-refractivity contribution is 0.531. The van der Waals surface area contributed by atoms with Crippen molar-refractivity contribution in [1.82, 2.24) is 0 Å². The molecule has 0 aliphatic rings. The number of rotatable bonds is 4. The highest BCUT2D eigenvalue weighted by Crippen LogP contribution is 2.25. The molecule has 2 aromatic carbocycles. The molecule has 0 unspecified atom stereocenters. The van der Waals surface area contributed by atoms with E-state index in [-0.39, 0.29) is 0 Å². The summed E-state index contributed by atoms with van der Waals surface area (Å²) in [6.45, 7) is 4.91. The molecule has 3 aromatic rings. The molecule has 1 heterocycles. The Kier molecular flexibility index (Phi) is 4.21. The molecule has 0 aliphatic carbocycles. The number of hydrogen-bond acceptors (Lipinski definition) is 2. The van der Waals surface area contributed by atoms with Gasteiger partial charge in [0.05, 0.1) is 6.54 Å². The number of furan rings is 1. The van der Waals surface area contributed by atoms with Gasteiger partial charge in [-0.2, -0.15) is 0 Å². The third-order valence-corrected chi connectivity index (χ3v) is 4.10. The second-order valence-corrected chi connectivity index (χ2v) is 5.81. The van der Waals surface area contributed by atoms with Crippen LogP contribution in [0.4, 0.5) is 5.69 Å². The fourth-order valence-electron chi connectivity index (χ4n) is 2.37. The van der Waals surface area contributed by atoms with Crippen molar-refractivity contribution >= 4 is 17.3 Å². The monoisotopic (exact) mass is 311 g/mol. The molecule has 2 nitrogen and oxygen atoms in total. The minimum atomic E-state index is 0.665. The van der Waals surface area contributed by atoms with E-state index < -0.39 is 0 Å². The van der Waals surface area contributed by atoms with Gasteiger partial charge in [0.15, 0.2) is 0 Å². The van der Waals surface area contributed by atoms with Crippen LogP contribution in [0.1, 0.15) is 16.9 Å². The first-order valence-corrected chi connectivity index (χ1v) is 7.66. The van der Waals surface area contributed by atoms with Crippen LogP contribution >= 0.6 is 11.6 Å². The highest BCUT2D eigenvalue weighted by molar-refractivity contribution is 6.30. The van der Waals surface area contributed by atoms with Gasteiger partial charge in [0, 0.05) is 16.3 Å². The van der Waals surface area contributed by atoms with Gasteiger partial charge in [-0.1, -0.05) is 23.7 Å². The minimum Gasteiger partial charge on any atom is -0.459 e. The number of nitrogens with one attached hydrogen (secondary N) is 1. The summed E-state index contributed by atoms with van der Waals surface area (Å²) in [5.41, 5.74) is 4.73. The standard InChI is InChI=1S/C19H18ClNO/c1-13-4-3-5-18(14(13)2)21-12-17-10-11-19(22-17)15-6-8-16(20)9-7-15/h3-11,21H,12H2,1-2H3. The van der Waals surface area contributed by atoms with Gasteiger partial charge in [0.2, 0.25) is 0 Å². The third-order valence-electron chi connectivity index (χ3n) is 3.85. The first-order valence-electron chi connectivity index (χ1n) is 7.28. The highest BCUT2D eigenvalue weighted by Gasteiger charge is 2.06. The summed E-state index contributed by atoms with van der Waals surface area (Å²) >= 11 is 5.91. The molecule has 3 heteroatoms. The molecule has 22 heavy (non-hydrogen) atoms. The van der Waals surface area contributed by atoms with Crippen LogP contribution in [0, 0.1) is 13.8 Å². The van der Waals surface area contributed by atoms with E-state index in [1.165, 1.54) is 11.1 Å². The Morgan fingerprint density at radius 1 is 0.955 bits per heavy atom. The van der Waals surface area contributed by atoms with Crippen molar-refractivity contribution in [2.45, 2.75) is 20.4 Å². The zero-order valence-corrected chi connectivity index (χ0v) is 13.4. The molecule has 0 fully saturated rings. The van der Waals surface area contributed by atoms with E-state index in [0.717, 1.165) is 27.8 Å². The number of aryl methyl sites for hydroxylation is 1. The van der Waals surface area contributed by atoms with Crippen molar-refractivity contribution < 1.29 is 4.42 Å². The molecule has 112 valence electrons. The molecule has 0 radical (unpaired) electrons. The van der Waals surface area contributed by atoms with Crippen LogP contribution in [0.5, 0.6) is 0 Å². The summed E-state index contributed by atoms with van der Waals surface area (Å²) in [4.78, 5) is 0. The quantitative estimate of drug-likeness (QED) is 0.656. The molecular weight excluding hydrogens is 294 g/mol. The van der Waals surface area contributed by atoms with E-state index in [4.69, 9.17) is 16.0 Å². The van der Waals surface area contributed by atoms with Crippen LogP contribution < -0.4 is 5.32 Å². The van der Waals surface area contributed by atoms with Gasteiger partial charge in [-0.3, -0.25) is 0 Å². The third kappa shape index (κ3) is 3.18. The molecule has 0 amide bonds. The van der Waals surface area contributed by atoms with Gasteiger partial charge >= 0.3 is 0 Å². The number of anilines is 1. The maximum absolute atomic E-state index is 5.91. The Morgan fingerprint density at radius 3 is 2.50 bits per heavy atom. The van der Waals surface area contributed by atoms with Crippen LogP contribution in [0.15, 0.2) is 59.0 Å².